The largest absolute Gasteiger partial charge is 0.313 e. The Hall–Kier alpha value is -0.480. The van der Waals surface area contributed by atoms with Gasteiger partial charge in [-0.3, -0.25) is 4.68 Å². The van der Waals surface area contributed by atoms with Crippen LogP contribution in [0.2, 0.25) is 0 Å². The van der Waals surface area contributed by atoms with Crippen LogP contribution < -0.4 is 5.32 Å². The molecule has 18 heavy (non-hydrogen) atoms. The van der Waals surface area contributed by atoms with Gasteiger partial charge in [0.05, 0.1) is 12.2 Å². The third-order valence-corrected chi connectivity index (χ3v) is 4.24. The zero-order valence-corrected chi connectivity index (χ0v) is 13.2. The van der Waals surface area contributed by atoms with E-state index >= 15 is 0 Å². The first kappa shape index (κ1) is 15.6. The highest BCUT2D eigenvalue weighted by Gasteiger charge is 2.19. The van der Waals surface area contributed by atoms with Crippen LogP contribution in [0.5, 0.6) is 0 Å². The number of hydrogen-bond donors (Lipinski definition) is 1. The van der Waals surface area contributed by atoms with Crippen LogP contribution in [0.3, 0.4) is 0 Å². The molecule has 1 rings (SSSR count). The van der Waals surface area contributed by atoms with Gasteiger partial charge in [-0.2, -0.15) is 16.9 Å². The van der Waals surface area contributed by atoms with Gasteiger partial charge in [0.15, 0.2) is 0 Å². The summed E-state index contributed by atoms with van der Waals surface area (Å²) in [4.78, 5) is 0. The topological polar surface area (TPSA) is 29.9 Å². The highest BCUT2D eigenvalue weighted by molar-refractivity contribution is 7.99. The molecule has 0 aliphatic carbocycles. The lowest BCUT2D eigenvalue weighted by molar-refractivity contribution is 0.610. The van der Waals surface area contributed by atoms with Crippen LogP contribution in [-0.2, 0) is 19.4 Å². The average molecular weight is 269 g/mol. The molecule has 1 heterocycles. The average Bonchev–Trinajstić information content (AvgIpc) is 2.75. The first-order valence-electron chi connectivity index (χ1n) is 7.02. The molecule has 0 aliphatic heterocycles. The SMILES string of the molecule is CCSCCn1nc(CC)c(C(C)NC)c1CC. The Labute approximate surface area is 116 Å². The Balaban J connectivity index is 3.00. The summed E-state index contributed by atoms with van der Waals surface area (Å²) in [5.41, 5.74) is 4.09. The minimum absolute atomic E-state index is 0.391. The number of thioether (sulfide) groups is 1. The first-order chi connectivity index (χ1) is 8.69. The van der Waals surface area contributed by atoms with Crippen molar-refractivity contribution in [1.82, 2.24) is 15.1 Å². The molecule has 0 fully saturated rings. The molecule has 1 unspecified atom stereocenters. The van der Waals surface area contributed by atoms with Crippen molar-refractivity contribution in [1.29, 1.82) is 0 Å². The molecule has 1 N–H and O–H groups in total. The fourth-order valence-electron chi connectivity index (χ4n) is 2.32. The maximum Gasteiger partial charge on any atom is 0.0672 e. The molecule has 0 saturated heterocycles. The predicted octanol–water partition coefficient (Wildman–Crippen LogP) is 3.04. The van der Waals surface area contributed by atoms with Gasteiger partial charge in [-0.1, -0.05) is 20.8 Å². The molecule has 0 radical (unpaired) electrons. The molecule has 0 spiro atoms. The molecular weight excluding hydrogens is 242 g/mol. The number of aromatic nitrogens is 2. The standard InChI is InChI=1S/C14H27N3S/c1-6-12-14(11(4)15-5)13(7-2)17(16-12)9-10-18-8-3/h11,15H,6-10H2,1-5H3. The number of rotatable bonds is 8. The Morgan fingerprint density at radius 1 is 1.28 bits per heavy atom. The molecule has 0 saturated carbocycles. The van der Waals surface area contributed by atoms with Gasteiger partial charge in [-0.15, -0.1) is 0 Å². The highest BCUT2D eigenvalue weighted by Crippen LogP contribution is 2.23. The van der Waals surface area contributed by atoms with E-state index < -0.39 is 0 Å². The van der Waals surface area contributed by atoms with E-state index in [1.54, 1.807) is 0 Å². The van der Waals surface area contributed by atoms with Crippen molar-refractivity contribution in [3.8, 4) is 0 Å². The summed E-state index contributed by atoms with van der Waals surface area (Å²) in [6.45, 7) is 9.89. The van der Waals surface area contributed by atoms with Gasteiger partial charge in [0.25, 0.3) is 0 Å². The third-order valence-electron chi connectivity index (χ3n) is 3.36. The van der Waals surface area contributed by atoms with Crippen molar-refractivity contribution in [3.63, 3.8) is 0 Å². The van der Waals surface area contributed by atoms with Crippen molar-refractivity contribution < 1.29 is 0 Å². The van der Waals surface area contributed by atoms with Crippen LogP contribution in [0.4, 0.5) is 0 Å². The van der Waals surface area contributed by atoms with Crippen LogP contribution in [-0.4, -0.2) is 28.3 Å². The van der Waals surface area contributed by atoms with Crippen molar-refractivity contribution in [2.24, 2.45) is 0 Å². The van der Waals surface area contributed by atoms with E-state index in [-0.39, 0.29) is 0 Å². The van der Waals surface area contributed by atoms with E-state index in [1.807, 2.05) is 18.8 Å². The predicted molar refractivity (Wildman–Crippen MR) is 81.5 cm³/mol. The van der Waals surface area contributed by atoms with Crippen LogP contribution in [0, 0.1) is 0 Å². The lowest BCUT2D eigenvalue weighted by atomic mass is 10.0. The second kappa shape index (κ2) is 7.85. The zero-order valence-electron chi connectivity index (χ0n) is 12.4. The Bertz CT molecular complexity index is 360. The number of nitrogens with one attached hydrogen (secondary N) is 1. The van der Waals surface area contributed by atoms with Gasteiger partial charge >= 0.3 is 0 Å². The minimum atomic E-state index is 0.391. The summed E-state index contributed by atoms with van der Waals surface area (Å²) in [6, 6.07) is 0.391. The quantitative estimate of drug-likeness (QED) is 0.736. The molecule has 104 valence electrons. The zero-order chi connectivity index (χ0) is 13.5. The van der Waals surface area contributed by atoms with Crippen LogP contribution in [0.15, 0.2) is 0 Å². The summed E-state index contributed by atoms with van der Waals surface area (Å²) in [7, 11) is 2.02. The Morgan fingerprint density at radius 3 is 2.50 bits per heavy atom. The fraction of sp³-hybridized carbons (Fsp3) is 0.786. The molecule has 1 aromatic heterocycles. The molecular formula is C14H27N3S. The summed E-state index contributed by atoms with van der Waals surface area (Å²) in [6.07, 6.45) is 2.08. The first-order valence-corrected chi connectivity index (χ1v) is 8.18. The van der Waals surface area contributed by atoms with E-state index in [2.05, 4.69) is 37.7 Å². The van der Waals surface area contributed by atoms with Gasteiger partial charge in [-0.05, 0) is 32.6 Å². The van der Waals surface area contributed by atoms with Gasteiger partial charge < -0.3 is 5.32 Å². The molecule has 0 aliphatic rings. The summed E-state index contributed by atoms with van der Waals surface area (Å²) >= 11 is 1.98. The highest BCUT2D eigenvalue weighted by atomic mass is 32.2. The summed E-state index contributed by atoms with van der Waals surface area (Å²) < 4.78 is 2.23. The van der Waals surface area contributed by atoms with E-state index in [9.17, 15) is 0 Å². The molecule has 1 aromatic rings. The fourth-order valence-corrected chi connectivity index (χ4v) is 2.91. The van der Waals surface area contributed by atoms with Gasteiger partial charge in [0.2, 0.25) is 0 Å². The normalized spacial score (nSPS) is 12.9. The van der Waals surface area contributed by atoms with E-state index in [0.717, 1.165) is 25.1 Å². The lowest BCUT2D eigenvalue weighted by Gasteiger charge is -2.13. The number of nitrogens with zero attached hydrogens (tertiary/aromatic N) is 2. The second-order valence-electron chi connectivity index (χ2n) is 4.44. The Kier molecular flexibility index (Phi) is 6.79. The van der Waals surface area contributed by atoms with Gasteiger partial charge in [0.1, 0.15) is 0 Å². The van der Waals surface area contributed by atoms with Gasteiger partial charge in [-0.25, -0.2) is 0 Å². The van der Waals surface area contributed by atoms with Crippen molar-refractivity contribution >= 4 is 11.8 Å². The lowest BCUT2D eigenvalue weighted by Crippen LogP contribution is -2.16. The van der Waals surface area contributed by atoms with Crippen LogP contribution >= 0.6 is 11.8 Å². The maximum absolute atomic E-state index is 4.80. The van der Waals surface area contributed by atoms with E-state index in [0.29, 0.717) is 6.04 Å². The molecule has 0 amide bonds. The molecule has 1 atom stereocenters. The second-order valence-corrected chi connectivity index (χ2v) is 5.84. The third kappa shape index (κ3) is 3.51. The molecule has 3 nitrogen and oxygen atoms in total. The van der Waals surface area contributed by atoms with Crippen molar-refractivity contribution in [2.75, 3.05) is 18.6 Å². The Morgan fingerprint density at radius 2 is 2.00 bits per heavy atom. The minimum Gasteiger partial charge on any atom is -0.313 e. The smallest absolute Gasteiger partial charge is 0.0672 e. The van der Waals surface area contributed by atoms with E-state index in [4.69, 9.17) is 5.10 Å². The number of hydrogen-bond acceptors (Lipinski definition) is 3. The summed E-state index contributed by atoms with van der Waals surface area (Å²) in [5.74, 6) is 2.34. The van der Waals surface area contributed by atoms with E-state index in [1.165, 1.54) is 22.7 Å². The van der Waals surface area contributed by atoms with Crippen molar-refractivity contribution in [3.05, 3.63) is 17.0 Å². The monoisotopic (exact) mass is 269 g/mol. The van der Waals surface area contributed by atoms with Crippen LogP contribution in [0.25, 0.3) is 0 Å². The molecule has 0 aromatic carbocycles. The summed E-state index contributed by atoms with van der Waals surface area (Å²) in [5, 5.41) is 8.16. The molecule has 0 bridgehead atoms. The van der Waals surface area contributed by atoms with Crippen molar-refractivity contribution in [2.45, 2.75) is 53.1 Å². The number of aryl methyl sites for hydroxylation is 2. The van der Waals surface area contributed by atoms with Crippen LogP contribution in [0.1, 0.15) is 50.7 Å². The maximum atomic E-state index is 4.80. The molecule has 4 heteroatoms. The van der Waals surface area contributed by atoms with Gasteiger partial charge in [0, 0.05) is 23.1 Å².